The summed E-state index contributed by atoms with van der Waals surface area (Å²) < 4.78 is 18.6. The summed E-state index contributed by atoms with van der Waals surface area (Å²) >= 11 is 1.76. The molecule has 1 aliphatic rings. The van der Waals surface area contributed by atoms with Gasteiger partial charge in [-0.3, -0.25) is 10.1 Å². The van der Waals surface area contributed by atoms with Crippen LogP contribution in [0, 0.1) is 5.82 Å². The molecule has 3 aromatic rings. The molecule has 1 amide bonds. The summed E-state index contributed by atoms with van der Waals surface area (Å²) in [5.41, 5.74) is 3.15. The third-order valence-corrected chi connectivity index (χ3v) is 6.29. The zero-order valence-corrected chi connectivity index (χ0v) is 17.0. The van der Waals surface area contributed by atoms with Crippen LogP contribution in [0.4, 0.5) is 4.39 Å². The molecule has 6 heteroatoms. The largest absolute Gasteiger partial charge is 0.497 e. The Morgan fingerprint density at radius 3 is 2.52 bits per heavy atom. The van der Waals surface area contributed by atoms with Crippen molar-refractivity contribution in [1.82, 2.24) is 10.2 Å². The first-order chi connectivity index (χ1) is 14.1. The highest BCUT2D eigenvalue weighted by Gasteiger charge is 2.23. The van der Waals surface area contributed by atoms with Gasteiger partial charge in [-0.2, -0.15) is 0 Å². The molecule has 0 radical (unpaired) electrons. The minimum absolute atomic E-state index is 0.0717. The Balaban J connectivity index is 1.49. The number of rotatable bonds is 6. The Morgan fingerprint density at radius 2 is 1.83 bits per heavy atom. The fraction of sp³-hybridized carbons (Fsp3) is 0.261. The van der Waals surface area contributed by atoms with Crippen LogP contribution in [0.15, 0.2) is 60.0 Å². The third kappa shape index (κ3) is 4.49. The average molecular weight is 411 g/mol. The lowest BCUT2D eigenvalue weighted by molar-refractivity contribution is -0.131. The van der Waals surface area contributed by atoms with Crippen molar-refractivity contribution < 1.29 is 13.9 Å². The molecule has 1 aliphatic heterocycles. The van der Waals surface area contributed by atoms with Crippen LogP contribution in [0.25, 0.3) is 0 Å². The number of amides is 1. The molecular formula is C23H23FN2O2S. The van der Waals surface area contributed by atoms with E-state index in [1.807, 2.05) is 29.2 Å². The van der Waals surface area contributed by atoms with Crippen molar-refractivity contribution in [2.45, 2.75) is 19.0 Å². The van der Waals surface area contributed by atoms with E-state index in [4.69, 9.17) is 4.74 Å². The number of methoxy groups -OCH3 is 1. The number of hydrogen-bond donors (Lipinski definition) is 1. The van der Waals surface area contributed by atoms with Crippen LogP contribution in [-0.2, 0) is 17.8 Å². The predicted octanol–water partition coefficient (Wildman–Crippen LogP) is 4.16. The Morgan fingerprint density at radius 1 is 1.14 bits per heavy atom. The highest BCUT2D eigenvalue weighted by Crippen LogP contribution is 2.26. The number of benzene rings is 2. The minimum Gasteiger partial charge on any atom is -0.497 e. The molecule has 1 N–H and O–H groups in total. The van der Waals surface area contributed by atoms with E-state index in [2.05, 4.69) is 16.8 Å². The van der Waals surface area contributed by atoms with Crippen molar-refractivity contribution in [1.29, 1.82) is 0 Å². The molecule has 29 heavy (non-hydrogen) atoms. The van der Waals surface area contributed by atoms with Gasteiger partial charge in [0.2, 0.25) is 5.91 Å². The van der Waals surface area contributed by atoms with Crippen LogP contribution < -0.4 is 10.1 Å². The quantitative estimate of drug-likeness (QED) is 0.664. The molecule has 0 saturated carbocycles. The van der Waals surface area contributed by atoms with Crippen LogP contribution >= 0.6 is 11.3 Å². The van der Waals surface area contributed by atoms with Gasteiger partial charge in [-0.05, 0) is 58.8 Å². The number of thiophene rings is 1. The van der Waals surface area contributed by atoms with E-state index in [1.54, 1.807) is 30.6 Å². The van der Waals surface area contributed by atoms with Gasteiger partial charge in [0, 0.05) is 18.0 Å². The van der Waals surface area contributed by atoms with Crippen molar-refractivity contribution >= 4 is 17.2 Å². The van der Waals surface area contributed by atoms with Crippen LogP contribution in [0.3, 0.4) is 0 Å². The molecule has 1 aromatic heterocycles. The molecule has 1 atom stereocenters. The van der Waals surface area contributed by atoms with Crippen LogP contribution in [0.1, 0.15) is 27.6 Å². The fourth-order valence-electron chi connectivity index (χ4n) is 3.64. The van der Waals surface area contributed by atoms with E-state index < -0.39 is 0 Å². The summed E-state index contributed by atoms with van der Waals surface area (Å²) in [4.78, 5) is 16.1. The number of carbonyl (C=O) groups excluding carboxylic acids is 1. The van der Waals surface area contributed by atoms with Gasteiger partial charge < -0.3 is 9.64 Å². The van der Waals surface area contributed by atoms with E-state index in [1.165, 1.54) is 22.6 Å². The zero-order valence-electron chi connectivity index (χ0n) is 16.2. The molecule has 4 nitrogen and oxygen atoms in total. The second kappa shape index (κ2) is 8.76. The molecule has 150 valence electrons. The highest BCUT2D eigenvalue weighted by molar-refractivity contribution is 7.10. The summed E-state index contributed by atoms with van der Waals surface area (Å²) in [6.07, 6.45) is 0.915. The molecule has 0 aliphatic carbocycles. The summed E-state index contributed by atoms with van der Waals surface area (Å²) in [7, 11) is 1.63. The van der Waals surface area contributed by atoms with Gasteiger partial charge in [-0.25, -0.2) is 4.39 Å². The molecule has 0 bridgehead atoms. The van der Waals surface area contributed by atoms with Gasteiger partial charge in [-0.1, -0.05) is 24.3 Å². The number of carbonyl (C=O) groups is 1. The molecule has 0 spiro atoms. The lowest BCUT2D eigenvalue weighted by Gasteiger charge is -2.28. The van der Waals surface area contributed by atoms with Gasteiger partial charge in [0.05, 0.1) is 19.7 Å². The van der Waals surface area contributed by atoms with E-state index >= 15 is 0 Å². The molecule has 1 unspecified atom stereocenters. The Hall–Kier alpha value is -2.70. The SMILES string of the molecule is COc1ccc(C(NCC(=O)N2CCc3sccc3C2)c2ccc(F)cc2)cc1. The lowest BCUT2D eigenvalue weighted by atomic mass is 9.98. The number of fused-ring (bicyclic) bond motifs is 1. The first kappa shape index (κ1) is 19.6. The number of nitrogens with one attached hydrogen (secondary N) is 1. The first-order valence-corrected chi connectivity index (χ1v) is 10.5. The molecule has 2 heterocycles. The first-order valence-electron chi connectivity index (χ1n) is 9.60. The van der Waals surface area contributed by atoms with Crippen LogP contribution in [0.5, 0.6) is 5.75 Å². The van der Waals surface area contributed by atoms with Gasteiger partial charge in [-0.15, -0.1) is 11.3 Å². The maximum atomic E-state index is 13.4. The van der Waals surface area contributed by atoms with Crippen molar-refractivity contribution in [3.8, 4) is 5.75 Å². The normalized spacial score (nSPS) is 14.3. The van der Waals surface area contributed by atoms with Gasteiger partial charge in [0.1, 0.15) is 11.6 Å². The predicted molar refractivity (Wildman–Crippen MR) is 113 cm³/mol. The second-order valence-corrected chi connectivity index (χ2v) is 8.07. The zero-order chi connectivity index (χ0) is 20.2. The molecule has 0 fully saturated rings. The van der Waals surface area contributed by atoms with Crippen molar-refractivity contribution in [3.63, 3.8) is 0 Å². The van der Waals surface area contributed by atoms with E-state index in [0.717, 1.165) is 29.8 Å². The Bertz CT molecular complexity index is 969. The number of halogens is 1. The van der Waals surface area contributed by atoms with Crippen molar-refractivity contribution in [3.05, 3.63) is 87.4 Å². The summed E-state index contributed by atoms with van der Waals surface area (Å²) in [5, 5.41) is 5.46. The van der Waals surface area contributed by atoms with E-state index in [0.29, 0.717) is 6.54 Å². The molecular weight excluding hydrogens is 387 g/mol. The topological polar surface area (TPSA) is 41.6 Å². The summed E-state index contributed by atoms with van der Waals surface area (Å²) in [6.45, 7) is 1.63. The lowest BCUT2D eigenvalue weighted by Crippen LogP contribution is -2.41. The fourth-order valence-corrected chi connectivity index (χ4v) is 4.53. The van der Waals surface area contributed by atoms with E-state index in [9.17, 15) is 9.18 Å². The van der Waals surface area contributed by atoms with Crippen molar-refractivity contribution in [2.75, 3.05) is 20.2 Å². The number of hydrogen-bond acceptors (Lipinski definition) is 4. The monoisotopic (exact) mass is 410 g/mol. The van der Waals surface area contributed by atoms with E-state index in [-0.39, 0.29) is 24.3 Å². The average Bonchev–Trinajstić information content (AvgIpc) is 3.23. The Kier molecular flexibility index (Phi) is 5.92. The number of ether oxygens (including phenoxy) is 1. The van der Waals surface area contributed by atoms with Gasteiger partial charge in [0.15, 0.2) is 0 Å². The highest BCUT2D eigenvalue weighted by atomic mass is 32.1. The van der Waals surface area contributed by atoms with Crippen LogP contribution in [-0.4, -0.2) is 31.0 Å². The smallest absolute Gasteiger partial charge is 0.236 e. The number of nitrogens with zero attached hydrogens (tertiary/aromatic N) is 1. The minimum atomic E-state index is -0.279. The molecule has 0 saturated heterocycles. The van der Waals surface area contributed by atoms with Gasteiger partial charge in [0.25, 0.3) is 0 Å². The van der Waals surface area contributed by atoms with Gasteiger partial charge >= 0.3 is 0 Å². The Labute approximate surface area is 173 Å². The molecule has 4 rings (SSSR count). The second-order valence-electron chi connectivity index (χ2n) is 7.07. The molecule has 2 aromatic carbocycles. The maximum Gasteiger partial charge on any atom is 0.236 e. The maximum absolute atomic E-state index is 13.4. The summed E-state index contributed by atoms with van der Waals surface area (Å²) in [6, 6.07) is 16.0. The standard InChI is InChI=1S/C23H23FN2O2S/c1-28-20-8-4-17(5-9-20)23(16-2-6-19(24)7-3-16)25-14-22(27)26-12-10-21-18(15-26)11-13-29-21/h2-9,11,13,23,25H,10,12,14-15H2,1H3. The third-order valence-electron chi connectivity index (χ3n) is 5.27. The van der Waals surface area contributed by atoms with Crippen molar-refractivity contribution in [2.24, 2.45) is 0 Å². The van der Waals surface area contributed by atoms with Crippen LogP contribution in [0.2, 0.25) is 0 Å². The summed E-state index contributed by atoms with van der Waals surface area (Å²) in [5.74, 6) is 0.559.